The average Bonchev–Trinajstić information content (AvgIpc) is 3.14. The Morgan fingerprint density at radius 1 is 1.24 bits per heavy atom. The van der Waals surface area contributed by atoms with Crippen molar-refractivity contribution in [2.24, 2.45) is 7.05 Å². The molecule has 2 heterocycles. The second-order valence-electron chi connectivity index (χ2n) is 8.75. The van der Waals surface area contributed by atoms with E-state index in [0.29, 0.717) is 24.5 Å². The number of hydrogen-bond acceptors (Lipinski definition) is 6. The predicted molar refractivity (Wildman–Crippen MR) is 133 cm³/mol. The highest BCUT2D eigenvalue weighted by Gasteiger charge is 2.34. The molecule has 0 amide bonds. The van der Waals surface area contributed by atoms with Crippen LogP contribution in [0.4, 0.5) is 11.5 Å². The van der Waals surface area contributed by atoms with Crippen molar-refractivity contribution in [2.75, 3.05) is 30.9 Å². The minimum absolute atomic E-state index is 0.0217. The number of rotatable bonds is 7. The largest absolute Gasteiger partial charge is 0.376 e. The van der Waals surface area contributed by atoms with Crippen LogP contribution in [0.25, 0.3) is 11.4 Å². The van der Waals surface area contributed by atoms with Crippen molar-refractivity contribution in [3.8, 4) is 11.4 Å². The summed E-state index contributed by atoms with van der Waals surface area (Å²) in [6, 6.07) is 10.3. The van der Waals surface area contributed by atoms with Crippen molar-refractivity contribution in [2.45, 2.75) is 45.8 Å². The molecule has 0 radical (unpaired) electrons. The van der Waals surface area contributed by atoms with Crippen LogP contribution in [0.15, 0.2) is 41.3 Å². The van der Waals surface area contributed by atoms with Crippen LogP contribution in [0.5, 0.6) is 0 Å². The Hall–Kier alpha value is -3.19. The van der Waals surface area contributed by atoms with E-state index in [1.165, 1.54) is 11.1 Å². The van der Waals surface area contributed by atoms with Gasteiger partial charge in [0.1, 0.15) is 17.3 Å². The molecular formula is C26H33N5O2. The van der Waals surface area contributed by atoms with Crippen LogP contribution in [-0.4, -0.2) is 41.3 Å². The van der Waals surface area contributed by atoms with Crippen molar-refractivity contribution in [1.29, 1.82) is 0 Å². The van der Waals surface area contributed by atoms with Crippen molar-refractivity contribution >= 4 is 11.5 Å². The summed E-state index contributed by atoms with van der Waals surface area (Å²) in [5.74, 6) is 1.50. The van der Waals surface area contributed by atoms with E-state index < -0.39 is 0 Å². The molecule has 0 bridgehead atoms. The molecule has 0 spiro atoms. The lowest BCUT2D eigenvalue weighted by Crippen LogP contribution is -2.31. The van der Waals surface area contributed by atoms with Crippen LogP contribution in [0, 0.1) is 6.92 Å². The summed E-state index contributed by atoms with van der Waals surface area (Å²) in [5.41, 5.74) is 5.54. The van der Waals surface area contributed by atoms with Gasteiger partial charge in [0, 0.05) is 45.9 Å². The zero-order chi connectivity index (χ0) is 23.7. The Labute approximate surface area is 195 Å². The van der Waals surface area contributed by atoms with Crippen LogP contribution in [-0.2, 0) is 24.6 Å². The maximum atomic E-state index is 13.6. The van der Waals surface area contributed by atoms with Gasteiger partial charge in [-0.1, -0.05) is 31.2 Å². The fraction of sp³-hybridized carbons (Fsp3) is 0.423. The van der Waals surface area contributed by atoms with E-state index in [-0.39, 0.29) is 17.7 Å². The highest BCUT2D eigenvalue weighted by atomic mass is 16.5. The molecule has 0 aliphatic heterocycles. The number of fused-ring (bicyclic) bond motifs is 1. The molecule has 174 valence electrons. The first kappa shape index (κ1) is 23.0. The Morgan fingerprint density at radius 3 is 2.67 bits per heavy atom. The van der Waals surface area contributed by atoms with E-state index in [1.807, 2.05) is 51.9 Å². The molecule has 0 fully saturated rings. The Bertz CT molecular complexity index is 1220. The smallest absolute Gasteiger partial charge is 0.277 e. The van der Waals surface area contributed by atoms with E-state index in [1.54, 1.807) is 17.8 Å². The van der Waals surface area contributed by atoms with Gasteiger partial charge in [-0.2, -0.15) is 0 Å². The number of hydrogen-bond donors (Lipinski definition) is 1. The maximum absolute atomic E-state index is 13.6. The van der Waals surface area contributed by atoms with Gasteiger partial charge in [0.05, 0.1) is 17.8 Å². The van der Waals surface area contributed by atoms with Gasteiger partial charge >= 0.3 is 0 Å². The highest BCUT2D eigenvalue weighted by molar-refractivity contribution is 5.64. The van der Waals surface area contributed by atoms with Gasteiger partial charge in [-0.3, -0.25) is 9.36 Å². The fourth-order valence-corrected chi connectivity index (χ4v) is 4.56. The summed E-state index contributed by atoms with van der Waals surface area (Å²) in [5, 5.41) is 3.53. The number of ether oxygens (including phenoxy) is 1. The van der Waals surface area contributed by atoms with E-state index in [0.717, 1.165) is 29.1 Å². The van der Waals surface area contributed by atoms with E-state index in [4.69, 9.17) is 9.72 Å². The molecule has 1 N–H and O–H groups in total. The number of pyridine rings is 1. The summed E-state index contributed by atoms with van der Waals surface area (Å²) in [7, 11) is 5.70. The normalized spacial score (nSPS) is 17.2. The molecule has 2 atom stereocenters. The predicted octanol–water partition coefficient (Wildman–Crippen LogP) is 3.89. The Kier molecular flexibility index (Phi) is 6.51. The third kappa shape index (κ3) is 4.25. The maximum Gasteiger partial charge on any atom is 0.277 e. The van der Waals surface area contributed by atoms with Crippen LogP contribution < -0.4 is 15.8 Å². The molecule has 7 nitrogen and oxygen atoms in total. The monoisotopic (exact) mass is 447 g/mol. The minimum Gasteiger partial charge on any atom is -0.376 e. The molecule has 0 saturated carbocycles. The van der Waals surface area contributed by atoms with Crippen molar-refractivity contribution < 1.29 is 4.74 Å². The molecule has 2 aromatic heterocycles. The minimum atomic E-state index is -0.0902. The standard InChI is InChI=1S/C26H33N5O2/c1-7-20-24(29-23-18-12-10-9-11-17(18)14-21(23)33-8-2)26(32)31(6)25(28-20)19-15-27-22(30(4)5)13-16(19)3/h9-13,15,21,23,29H,7-8,14H2,1-6H3. The highest BCUT2D eigenvalue weighted by Crippen LogP contribution is 2.36. The number of nitrogens with zero attached hydrogens (tertiary/aromatic N) is 4. The average molecular weight is 448 g/mol. The second-order valence-corrected chi connectivity index (χ2v) is 8.75. The number of aromatic nitrogens is 3. The molecule has 33 heavy (non-hydrogen) atoms. The van der Waals surface area contributed by atoms with Gasteiger partial charge in [0.2, 0.25) is 0 Å². The van der Waals surface area contributed by atoms with Gasteiger partial charge in [0.15, 0.2) is 0 Å². The molecule has 0 saturated heterocycles. The van der Waals surface area contributed by atoms with Crippen LogP contribution >= 0.6 is 0 Å². The zero-order valence-electron chi connectivity index (χ0n) is 20.3. The topological polar surface area (TPSA) is 72.3 Å². The molecular weight excluding hydrogens is 414 g/mol. The molecule has 1 aromatic carbocycles. The first-order chi connectivity index (χ1) is 15.8. The number of aryl methyl sites for hydroxylation is 2. The van der Waals surface area contributed by atoms with Crippen LogP contribution in [0.2, 0.25) is 0 Å². The van der Waals surface area contributed by atoms with E-state index in [9.17, 15) is 4.79 Å². The third-order valence-electron chi connectivity index (χ3n) is 6.36. The summed E-state index contributed by atoms with van der Waals surface area (Å²) in [4.78, 5) is 25.0. The first-order valence-electron chi connectivity index (χ1n) is 11.6. The number of anilines is 2. The summed E-state index contributed by atoms with van der Waals surface area (Å²) in [6.45, 7) is 6.68. The van der Waals surface area contributed by atoms with Crippen LogP contribution in [0.1, 0.15) is 42.3 Å². The van der Waals surface area contributed by atoms with Gasteiger partial charge in [-0.15, -0.1) is 0 Å². The van der Waals surface area contributed by atoms with Crippen molar-refractivity contribution in [3.63, 3.8) is 0 Å². The molecule has 2 unspecified atom stereocenters. The summed E-state index contributed by atoms with van der Waals surface area (Å²) in [6.07, 6.45) is 3.25. The number of nitrogens with one attached hydrogen (secondary N) is 1. The SMILES string of the molecule is CCOC1Cc2ccccc2C1Nc1c(CC)nc(-c2cnc(N(C)C)cc2C)n(C)c1=O. The second kappa shape index (κ2) is 9.35. The number of benzene rings is 1. The Balaban J connectivity index is 1.77. The van der Waals surface area contributed by atoms with Crippen molar-refractivity contribution in [3.05, 3.63) is 69.3 Å². The molecule has 1 aliphatic rings. The summed E-state index contributed by atoms with van der Waals surface area (Å²) < 4.78 is 7.67. The van der Waals surface area contributed by atoms with E-state index in [2.05, 4.69) is 28.5 Å². The molecule has 1 aliphatic carbocycles. The fourth-order valence-electron chi connectivity index (χ4n) is 4.56. The van der Waals surface area contributed by atoms with Gasteiger partial charge in [0.25, 0.3) is 5.56 Å². The molecule has 4 rings (SSSR count). The van der Waals surface area contributed by atoms with Crippen molar-refractivity contribution in [1.82, 2.24) is 14.5 Å². The van der Waals surface area contributed by atoms with Gasteiger partial charge in [-0.05, 0) is 43.0 Å². The third-order valence-corrected chi connectivity index (χ3v) is 6.36. The van der Waals surface area contributed by atoms with E-state index >= 15 is 0 Å². The van der Waals surface area contributed by atoms with Gasteiger partial charge in [-0.25, -0.2) is 9.97 Å². The van der Waals surface area contributed by atoms with Crippen LogP contribution in [0.3, 0.4) is 0 Å². The first-order valence-corrected chi connectivity index (χ1v) is 11.6. The quantitative estimate of drug-likeness (QED) is 0.592. The van der Waals surface area contributed by atoms with Gasteiger partial charge < -0.3 is 15.0 Å². The lowest BCUT2D eigenvalue weighted by Gasteiger charge is -2.24. The lowest BCUT2D eigenvalue weighted by atomic mass is 10.1. The Morgan fingerprint density at radius 2 is 2.00 bits per heavy atom. The zero-order valence-corrected chi connectivity index (χ0v) is 20.3. The summed E-state index contributed by atoms with van der Waals surface area (Å²) >= 11 is 0. The molecule has 3 aromatic rings. The lowest BCUT2D eigenvalue weighted by molar-refractivity contribution is 0.0574. The molecule has 7 heteroatoms.